The van der Waals surface area contributed by atoms with E-state index in [0.29, 0.717) is 6.42 Å². The molecule has 2 heteroatoms. The van der Waals surface area contributed by atoms with Gasteiger partial charge in [-0.25, -0.2) is 0 Å². The summed E-state index contributed by atoms with van der Waals surface area (Å²) in [5, 5.41) is 0. The predicted molar refractivity (Wildman–Crippen MR) is 35.7 cm³/mol. The molecule has 1 aliphatic rings. The molecule has 0 aliphatic heterocycles. The third kappa shape index (κ3) is 1.31. The molecule has 0 spiro atoms. The van der Waals surface area contributed by atoms with Crippen molar-refractivity contribution in [2.45, 2.75) is 25.7 Å². The lowest BCUT2D eigenvalue weighted by atomic mass is 9.94. The summed E-state index contributed by atoms with van der Waals surface area (Å²) in [6.07, 6.45) is 5.19. The SMILES string of the molecule is N/C=C1\CCCCC1=O. The second-order valence-corrected chi connectivity index (χ2v) is 2.32. The van der Waals surface area contributed by atoms with Crippen molar-refractivity contribution in [2.75, 3.05) is 0 Å². The monoisotopic (exact) mass is 125 g/mol. The fourth-order valence-corrected chi connectivity index (χ4v) is 1.08. The Bertz CT molecular complexity index is 149. The van der Waals surface area contributed by atoms with Gasteiger partial charge in [0.2, 0.25) is 0 Å². The molecule has 0 heterocycles. The highest BCUT2D eigenvalue weighted by Crippen LogP contribution is 2.17. The first kappa shape index (κ1) is 6.33. The number of carbonyl (C=O) groups is 1. The van der Waals surface area contributed by atoms with E-state index in [1.807, 2.05) is 0 Å². The third-order valence-corrected chi connectivity index (χ3v) is 1.66. The van der Waals surface area contributed by atoms with E-state index in [9.17, 15) is 4.79 Å². The van der Waals surface area contributed by atoms with Crippen LogP contribution < -0.4 is 5.73 Å². The van der Waals surface area contributed by atoms with E-state index in [1.54, 1.807) is 0 Å². The summed E-state index contributed by atoms with van der Waals surface area (Å²) in [6, 6.07) is 0. The van der Waals surface area contributed by atoms with Crippen molar-refractivity contribution >= 4 is 5.78 Å². The number of nitrogens with two attached hydrogens (primary N) is 1. The summed E-state index contributed by atoms with van der Waals surface area (Å²) in [4.78, 5) is 10.9. The fourth-order valence-electron chi connectivity index (χ4n) is 1.08. The molecule has 2 nitrogen and oxygen atoms in total. The van der Waals surface area contributed by atoms with Crippen LogP contribution in [0.25, 0.3) is 0 Å². The van der Waals surface area contributed by atoms with E-state index in [2.05, 4.69) is 0 Å². The van der Waals surface area contributed by atoms with Gasteiger partial charge in [0.15, 0.2) is 5.78 Å². The average Bonchev–Trinajstić information content (AvgIpc) is 1.89. The van der Waals surface area contributed by atoms with Crippen molar-refractivity contribution < 1.29 is 4.79 Å². The maximum Gasteiger partial charge on any atom is 0.160 e. The summed E-state index contributed by atoms with van der Waals surface area (Å²) in [6.45, 7) is 0. The van der Waals surface area contributed by atoms with Gasteiger partial charge in [0.1, 0.15) is 0 Å². The van der Waals surface area contributed by atoms with Gasteiger partial charge in [-0.05, 0) is 19.3 Å². The number of allylic oxidation sites excluding steroid dienone is 1. The second kappa shape index (κ2) is 2.67. The number of Topliss-reactive ketones (excluding diaryl/α,β-unsaturated/α-hetero) is 1. The Hall–Kier alpha value is -0.790. The van der Waals surface area contributed by atoms with Crippen molar-refractivity contribution in [1.29, 1.82) is 0 Å². The van der Waals surface area contributed by atoms with E-state index in [-0.39, 0.29) is 5.78 Å². The quantitative estimate of drug-likeness (QED) is 0.490. The molecule has 50 valence electrons. The average molecular weight is 125 g/mol. The lowest BCUT2D eigenvalue weighted by Gasteiger charge is -2.10. The molecule has 0 aromatic rings. The molecule has 0 atom stereocenters. The number of carbonyl (C=O) groups excluding carboxylic acids is 1. The van der Waals surface area contributed by atoms with E-state index >= 15 is 0 Å². The standard InChI is InChI=1S/C7H11NO/c8-5-6-3-1-2-4-7(6)9/h5H,1-4,8H2/b6-5+. The van der Waals surface area contributed by atoms with Gasteiger partial charge in [-0.15, -0.1) is 0 Å². The molecule has 1 saturated carbocycles. The third-order valence-electron chi connectivity index (χ3n) is 1.66. The van der Waals surface area contributed by atoms with Crippen LogP contribution in [0.1, 0.15) is 25.7 Å². The summed E-state index contributed by atoms with van der Waals surface area (Å²) in [5.74, 6) is 0.240. The van der Waals surface area contributed by atoms with Crippen LogP contribution in [-0.4, -0.2) is 5.78 Å². The molecular formula is C7H11NO. The molecule has 1 aliphatic carbocycles. The van der Waals surface area contributed by atoms with Crippen LogP contribution >= 0.6 is 0 Å². The van der Waals surface area contributed by atoms with Gasteiger partial charge >= 0.3 is 0 Å². The van der Waals surface area contributed by atoms with Gasteiger partial charge in [-0.2, -0.15) is 0 Å². The molecule has 0 aromatic heterocycles. The lowest BCUT2D eigenvalue weighted by Crippen LogP contribution is -2.09. The highest BCUT2D eigenvalue weighted by molar-refractivity contribution is 5.95. The number of hydrogen-bond donors (Lipinski definition) is 1. The van der Waals surface area contributed by atoms with Crippen LogP contribution in [0.15, 0.2) is 11.8 Å². The molecule has 0 bridgehead atoms. The Morgan fingerprint density at radius 2 is 2.00 bits per heavy atom. The van der Waals surface area contributed by atoms with Crippen LogP contribution in [0.4, 0.5) is 0 Å². The van der Waals surface area contributed by atoms with Crippen LogP contribution in [0.5, 0.6) is 0 Å². The van der Waals surface area contributed by atoms with Gasteiger partial charge in [0.05, 0.1) is 0 Å². The Morgan fingerprint density at radius 1 is 1.33 bits per heavy atom. The highest BCUT2D eigenvalue weighted by atomic mass is 16.1. The zero-order valence-electron chi connectivity index (χ0n) is 5.39. The fraction of sp³-hybridized carbons (Fsp3) is 0.571. The van der Waals surface area contributed by atoms with Crippen molar-refractivity contribution in [3.05, 3.63) is 11.8 Å². The van der Waals surface area contributed by atoms with Crippen LogP contribution in [0.3, 0.4) is 0 Å². The van der Waals surface area contributed by atoms with E-state index in [4.69, 9.17) is 5.73 Å². The number of ketones is 1. The second-order valence-electron chi connectivity index (χ2n) is 2.32. The molecule has 0 radical (unpaired) electrons. The first-order valence-corrected chi connectivity index (χ1v) is 3.28. The van der Waals surface area contributed by atoms with Gasteiger partial charge in [-0.1, -0.05) is 0 Å². The summed E-state index contributed by atoms with van der Waals surface area (Å²) < 4.78 is 0. The van der Waals surface area contributed by atoms with E-state index in [0.717, 1.165) is 24.8 Å². The minimum atomic E-state index is 0.240. The molecule has 0 aromatic carbocycles. The molecule has 1 rings (SSSR count). The summed E-state index contributed by atoms with van der Waals surface area (Å²) in [5.41, 5.74) is 6.03. The van der Waals surface area contributed by atoms with E-state index < -0.39 is 0 Å². The Balaban J connectivity index is 2.60. The van der Waals surface area contributed by atoms with Crippen molar-refractivity contribution in [1.82, 2.24) is 0 Å². The number of rotatable bonds is 0. The van der Waals surface area contributed by atoms with Crippen molar-refractivity contribution in [2.24, 2.45) is 5.73 Å². The van der Waals surface area contributed by atoms with Gasteiger partial charge < -0.3 is 5.73 Å². The summed E-state index contributed by atoms with van der Waals surface area (Å²) in [7, 11) is 0. The van der Waals surface area contributed by atoms with Gasteiger partial charge in [0.25, 0.3) is 0 Å². The molecule has 1 fully saturated rings. The topological polar surface area (TPSA) is 43.1 Å². The zero-order valence-corrected chi connectivity index (χ0v) is 5.39. The molecular weight excluding hydrogens is 114 g/mol. The Morgan fingerprint density at radius 3 is 2.44 bits per heavy atom. The van der Waals surface area contributed by atoms with E-state index in [1.165, 1.54) is 6.20 Å². The summed E-state index contributed by atoms with van der Waals surface area (Å²) >= 11 is 0. The highest BCUT2D eigenvalue weighted by Gasteiger charge is 2.13. The normalized spacial score (nSPS) is 24.9. The van der Waals surface area contributed by atoms with Crippen molar-refractivity contribution in [3.8, 4) is 0 Å². The first-order valence-electron chi connectivity index (χ1n) is 3.28. The van der Waals surface area contributed by atoms with Crippen LogP contribution in [0, 0.1) is 0 Å². The molecule has 0 unspecified atom stereocenters. The predicted octanol–water partition coefficient (Wildman–Crippen LogP) is 0.972. The largest absolute Gasteiger partial charge is 0.404 e. The minimum Gasteiger partial charge on any atom is -0.404 e. The zero-order chi connectivity index (χ0) is 6.69. The molecule has 2 N–H and O–H groups in total. The minimum absolute atomic E-state index is 0.240. The van der Waals surface area contributed by atoms with Crippen LogP contribution in [-0.2, 0) is 4.79 Å². The molecule has 0 amide bonds. The maximum absolute atomic E-state index is 10.9. The van der Waals surface area contributed by atoms with Gasteiger partial charge in [0, 0.05) is 18.2 Å². The first-order chi connectivity index (χ1) is 4.34. The molecule has 0 saturated heterocycles. The number of hydrogen-bond acceptors (Lipinski definition) is 2. The Kier molecular flexibility index (Phi) is 1.88. The molecule has 9 heavy (non-hydrogen) atoms. The smallest absolute Gasteiger partial charge is 0.160 e. The van der Waals surface area contributed by atoms with Crippen molar-refractivity contribution in [3.63, 3.8) is 0 Å². The van der Waals surface area contributed by atoms with Crippen LogP contribution in [0.2, 0.25) is 0 Å². The Labute approximate surface area is 54.7 Å². The lowest BCUT2D eigenvalue weighted by molar-refractivity contribution is -0.116. The van der Waals surface area contributed by atoms with Gasteiger partial charge in [-0.3, -0.25) is 4.79 Å². The maximum atomic E-state index is 10.9.